The van der Waals surface area contributed by atoms with Crippen molar-refractivity contribution >= 4 is 48.1 Å². The number of carboxylic acids is 2. The van der Waals surface area contributed by atoms with Gasteiger partial charge >= 0.3 is 95.3 Å². The molecule has 2 heterocycles. The van der Waals surface area contributed by atoms with E-state index >= 15 is 0 Å². The molecule has 2 aliphatic heterocycles. The van der Waals surface area contributed by atoms with Gasteiger partial charge in [-0.3, -0.25) is 10.6 Å². The van der Waals surface area contributed by atoms with Crippen LogP contribution < -0.4 is 91.4 Å². The largest absolute Gasteiger partial charge is 1.00 e. The number of nitrogens with zero attached hydrogens (tertiary/aromatic N) is 4. The SMILES string of the molecule is C[N+]1(CC(=O)[O-])C(=O)NCN(C(N)=O)C1=O.C[N+]1(CC(=O)[O-])C(=O)NCN(C(N)=O)C1=O.[H-].[H-].[Na+].[Na+]. The molecule has 0 aliphatic carbocycles. The van der Waals surface area contributed by atoms with Crippen molar-refractivity contribution in [2.75, 3.05) is 40.5 Å². The Morgan fingerprint density at radius 3 is 1.26 bits per heavy atom. The van der Waals surface area contributed by atoms with E-state index in [-0.39, 0.29) is 75.3 Å². The van der Waals surface area contributed by atoms with E-state index in [9.17, 15) is 48.6 Å². The van der Waals surface area contributed by atoms with Crippen LogP contribution in [0, 0.1) is 0 Å². The van der Waals surface area contributed by atoms with Gasteiger partial charge in [0.05, 0.1) is 26.0 Å². The number of carbonyl (C=O) groups is 8. The zero-order valence-electron chi connectivity index (χ0n) is 20.9. The third kappa shape index (κ3) is 7.34. The summed E-state index contributed by atoms with van der Waals surface area (Å²) in [7, 11) is 2.12. The summed E-state index contributed by atoms with van der Waals surface area (Å²) in [4.78, 5) is 89.8. The first-order chi connectivity index (χ1) is 14.6. The van der Waals surface area contributed by atoms with Gasteiger partial charge in [-0.2, -0.15) is 18.8 Å². The summed E-state index contributed by atoms with van der Waals surface area (Å²) in [6.07, 6.45) is 0. The minimum absolute atomic E-state index is 0. The number of hydrogen-bond donors (Lipinski definition) is 4. The van der Waals surface area contributed by atoms with Crippen LogP contribution in [-0.4, -0.2) is 107 Å². The van der Waals surface area contributed by atoms with Gasteiger partial charge in [-0.25, -0.2) is 28.8 Å². The van der Waals surface area contributed by atoms with Crippen molar-refractivity contribution in [3.63, 3.8) is 0 Å². The minimum Gasteiger partial charge on any atom is -1.00 e. The van der Waals surface area contributed by atoms with E-state index in [0.717, 1.165) is 14.1 Å². The zero-order valence-corrected chi connectivity index (χ0v) is 22.9. The molecule has 12 amide bonds. The van der Waals surface area contributed by atoms with Crippen molar-refractivity contribution in [2.45, 2.75) is 0 Å². The number of primary amides is 2. The number of carbonyl (C=O) groups excluding carboxylic acids is 8. The first-order valence-corrected chi connectivity index (χ1v) is 8.48. The van der Waals surface area contributed by atoms with E-state index in [1.54, 1.807) is 0 Å². The number of nitrogens with two attached hydrogens (primary N) is 2. The molecule has 2 aliphatic rings. The van der Waals surface area contributed by atoms with Gasteiger partial charge in [0.1, 0.15) is 26.4 Å². The van der Waals surface area contributed by atoms with Crippen LogP contribution in [0.5, 0.6) is 0 Å². The van der Waals surface area contributed by atoms with Crippen molar-refractivity contribution in [2.24, 2.45) is 11.5 Å². The Morgan fingerprint density at radius 1 is 0.794 bits per heavy atom. The Morgan fingerprint density at radius 2 is 1.06 bits per heavy atom. The summed E-state index contributed by atoms with van der Waals surface area (Å²) >= 11 is 0. The molecule has 2 unspecified atom stereocenters. The number of urea groups is 6. The second kappa shape index (κ2) is 13.0. The third-order valence-corrected chi connectivity index (χ3v) is 4.40. The van der Waals surface area contributed by atoms with Gasteiger partial charge in [0.15, 0.2) is 0 Å². The molecule has 0 aromatic heterocycles. The Balaban J connectivity index is -0.000000256. The fraction of sp³-hybridized carbons (Fsp3) is 0.429. The number of amides is 12. The van der Waals surface area contributed by atoms with Crippen LogP contribution in [0.1, 0.15) is 2.85 Å². The Hall–Kier alpha value is -2.32. The van der Waals surface area contributed by atoms with Crippen LogP contribution in [-0.2, 0) is 9.59 Å². The van der Waals surface area contributed by atoms with E-state index < -0.39 is 70.2 Å². The summed E-state index contributed by atoms with van der Waals surface area (Å²) < 4.78 is -2.27. The molecular weight excluding hydrogens is 486 g/mol. The van der Waals surface area contributed by atoms with Gasteiger partial charge < -0.3 is 34.1 Å². The molecule has 34 heavy (non-hydrogen) atoms. The number of nitrogens with one attached hydrogen (secondary N) is 2. The van der Waals surface area contributed by atoms with Crippen LogP contribution in [0.4, 0.5) is 28.8 Å². The number of likely N-dealkylation sites (N-methyl/N-ethyl adjacent to an activating group) is 2. The molecule has 2 fully saturated rings. The van der Waals surface area contributed by atoms with Crippen molar-refractivity contribution in [3.8, 4) is 0 Å². The van der Waals surface area contributed by atoms with Crippen molar-refractivity contribution in [3.05, 3.63) is 0 Å². The summed E-state index contributed by atoms with van der Waals surface area (Å²) in [6, 6.07) is -5.78. The minimum atomic E-state index is -1.59. The summed E-state index contributed by atoms with van der Waals surface area (Å²) in [5, 5.41) is 25.3. The van der Waals surface area contributed by atoms with Gasteiger partial charge in [-0.05, 0) is 0 Å². The zero-order chi connectivity index (χ0) is 25.0. The summed E-state index contributed by atoms with van der Waals surface area (Å²) in [5.41, 5.74) is 9.79. The van der Waals surface area contributed by atoms with Gasteiger partial charge in [-0.1, -0.05) is 0 Å². The van der Waals surface area contributed by atoms with E-state index in [4.69, 9.17) is 11.5 Å². The average Bonchev–Trinajstić information content (AvgIpc) is 2.64. The third-order valence-electron chi connectivity index (χ3n) is 4.40. The maximum atomic E-state index is 11.7. The molecule has 0 bridgehead atoms. The van der Waals surface area contributed by atoms with E-state index in [1.165, 1.54) is 0 Å². The second-order valence-corrected chi connectivity index (χ2v) is 6.82. The predicted molar refractivity (Wildman–Crippen MR) is 94.8 cm³/mol. The topological polar surface area (TPSA) is 265 Å². The number of quaternary nitrogens is 2. The molecule has 0 radical (unpaired) electrons. The van der Waals surface area contributed by atoms with Crippen LogP contribution in [0.15, 0.2) is 0 Å². The predicted octanol–water partition coefficient (Wildman–Crippen LogP) is -11.0. The second-order valence-electron chi connectivity index (χ2n) is 6.82. The average molecular weight is 508 g/mol. The standard InChI is InChI=1S/2C7H10N4O5.2Na.2H/c2*1-11(2-4(12)13)6(15)9-3-10(5(8)14)7(11)16;;;;/h2*2-3H2,1H3,(H3-,8,9,12,13,14,15);;;;/q;;2*+1;2*-1. The molecular formula is C14H22N8Na2O10. The Bertz CT molecular complexity index is 856. The molecule has 2 saturated heterocycles. The van der Waals surface area contributed by atoms with Crippen LogP contribution in [0.25, 0.3) is 0 Å². The quantitative estimate of drug-likeness (QED) is 0.206. The van der Waals surface area contributed by atoms with E-state index in [2.05, 4.69) is 10.6 Å². The number of carboxylic acid groups (broad SMARTS) is 2. The van der Waals surface area contributed by atoms with Crippen LogP contribution >= 0.6 is 0 Å². The van der Waals surface area contributed by atoms with Gasteiger partial charge in [-0.15, -0.1) is 0 Å². The molecule has 20 heteroatoms. The summed E-state index contributed by atoms with van der Waals surface area (Å²) in [6.45, 7) is -2.47. The molecule has 18 nitrogen and oxygen atoms in total. The van der Waals surface area contributed by atoms with E-state index in [0.29, 0.717) is 9.80 Å². The molecule has 180 valence electrons. The number of aliphatic carboxylic acids is 2. The molecule has 0 spiro atoms. The maximum absolute atomic E-state index is 11.7. The van der Waals surface area contributed by atoms with E-state index in [1.807, 2.05) is 0 Å². The molecule has 2 atom stereocenters. The van der Waals surface area contributed by atoms with Gasteiger partial charge in [0, 0.05) is 0 Å². The number of imide groups is 4. The smallest absolute Gasteiger partial charge is 1.00 e. The van der Waals surface area contributed by atoms with Crippen molar-refractivity contribution in [1.82, 2.24) is 20.4 Å². The normalized spacial score (nSPS) is 23.7. The van der Waals surface area contributed by atoms with Crippen LogP contribution in [0.2, 0.25) is 0 Å². The fourth-order valence-electron chi connectivity index (χ4n) is 2.62. The first kappa shape index (κ1) is 33.9. The Labute approximate surface area is 238 Å². The molecule has 6 N–H and O–H groups in total. The maximum Gasteiger partial charge on any atom is 1.00 e. The van der Waals surface area contributed by atoms with Crippen molar-refractivity contribution < 1.29 is 120 Å². The summed E-state index contributed by atoms with van der Waals surface area (Å²) in [5.74, 6) is -3.17. The molecule has 0 aromatic rings. The molecule has 0 saturated carbocycles. The van der Waals surface area contributed by atoms with Gasteiger partial charge in [0.25, 0.3) is 0 Å². The van der Waals surface area contributed by atoms with Crippen LogP contribution in [0.3, 0.4) is 0 Å². The number of rotatable bonds is 4. The molecule has 0 aromatic carbocycles. The number of hydrogen-bond acceptors (Lipinski definition) is 10. The van der Waals surface area contributed by atoms with Gasteiger partial charge in [0.2, 0.25) is 0 Å². The Kier molecular flexibility index (Phi) is 12.9. The molecule has 2 rings (SSSR count). The monoisotopic (exact) mass is 508 g/mol. The van der Waals surface area contributed by atoms with Crippen molar-refractivity contribution in [1.29, 1.82) is 0 Å². The first-order valence-electron chi connectivity index (χ1n) is 8.48. The fourth-order valence-corrected chi connectivity index (χ4v) is 2.62.